The summed E-state index contributed by atoms with van der Waals surface area (Å²) in [6, 6.07) is 5.44. The molecule has 2 unspecified atom stereocenters. The summed E-state index contributed by atoms with van der Waals surface area (Å²) >= 11 is 5.68. The van der Waals surface area contributed by atoms with Gasteiger partial charge < -0.3 is 5.32 Å². The molecular formula is C15H21ClFN. The zero-order chi connectivity index (χ0) is 13.0. The Hall–Kier alpha value is -0.760. The van der Waals surface area contributed by atoms with E-state index < -0.39 is 0 Å². The summed E-state index contributed by atoms with van der Waals surface area (Å²) in [7, 11) is 0. The first-order chi connectivity index (χ1) is 8.69. The van der Waals surface area contributed by atoms with Crippen molar-refractivity contribution in [2.45, 2.75) is 51.5 Å². The monoisotopic (exact) mass is 269 g/mol. The Labute approximate surface area is 114 Å². The first-order valence-electron chi connectivity index (χ1n) is 6.90. The van der Waals surface area contributed by atoms with E-state index in [-0.39, 0.29) is 10.8 Å². The van der Waals surface area contributed by atoms with Crippen LogP contribution in [0, 0.1) is 11.7 Å². The number of nitrogens with one attached hydrogen (secondary N) is 1. The van der Waals surface area contributed by atoms with E-state index in [1.807, 2.05) is 6.07 Å². The third-order valence-corrected chi connectivity index (χ3v) is 4.26. The van der Waals surface area contributed by atoms with Crippen molar-refractivity contribution in [2.75, 3.05) is 5.32 Å². The highest BCUT2D eigenvalue weighted by atomic mass is 35.5. The van der Waals surface area contributed by atoms with Gasteiger partial charge in [0, 0.05) is 11.7 Å². The second-order valence-electron chi connectivity index (χ2n) is 5.25. The Morgan fingerprint density at radius 2 is 2.11 bits per heavy atom. The average molecular weight is 270 g/mol. The predicted molar refractivity (Wildman–Crippen MR) is 75.7 cm³/mol. The molecule has 0 bridgehead atoms. The molecule has 0 spiro atoms. The minimum absolute atomic E-state index is 0.187. The van der Waals surface area contributed by atoms with Crippen molar-refractivity contribution in [2.24, 2.45) is 5.92 Å². The first kappa shape index (κ1) is 13.7. The first-order valence-corrected chi connectivity index (χ1v) is 7.28. The van der Waals surface area contributed by atoms with E-state index in [2.05, 4.69) is 12.2 Å². The maximum atomic E-state index is 13.4. The zero-order valence-electron chi connectivity index (χ0n) is 10.9. The summed E-state index contributed by atoms with van der Waals surface area (Å²) in [5.74, 6) is 0.528. The fourth-order valence-electron chi connectivity index (χ4n) is 2.75. The number of halogens is 2. The van der Waals surface area contributed by atoms with Gasteiger partial charge in [-0.25, -0.2) is 4.39 Å². The van der Waals surface area contributed by atoms with E-state index in [1.54, 1.807) is 6.07 Å². The number of hydrogen-bond donors (Lipinski definition) is 1. The molecule has 0 aromatic heterocycles. The topological polar surface area (TPSA) is 12.0 Å². The van der Waals surface area contributed by atoms with Gasteiger partial charge in [0.2, 0.25) is 0 Å². The maximum absolute atomic E-state index is 13.4. The molecule has 2 rings (SSSR count). The van der Waals surface area contributed by atoms with Gasteiger partial charge in [-0.05, 0) is 43.4 Å². The number of rotatable bonds is 3. The highest BCUT2D eigenvalue weighted by Crippen LogP contribution is 2.28. The SMILES string of the molecule is CCC1CCCC(Nc2ccc(Cl)c(F)c2)CC1. The van der Waals surface area contributed by atoms with E-state index in [0.29, 0.717) is 6.04 Å². The lowest BCUT2D eigenvalue weighted by molar-refractivity contribution is 0.444. The largest absolute Gasteiger partial charge is 0.382 e. The summed E-state index contributed by atoms with van der Waals surface area (Å²) in [4.78, 5) is 0. The Morgan fingerprint density at radius 1 is 1.28 bits per heavy atom. The molecule has 0 heterocycles. The van der Waals surface area contributed by atoms with Gasteiger partial charge in [-0.3, -0.25) is 0 Å². The molecule has 1 aliphatic carbocycles. The van der Waals surface area contributed by atoms with Crippen LogP contribution in [0.1, 0.15) is 45.4 Å². The van der Waals surface area contributed by atoms with Crippen molar-refractivity contribution < 1.29 is 4.39 Å². The second kappa shape index (κ2) is 6.42. The Bertz CT molecular complexity index is 394. The van der Waals surface area contributed by atoms with Gasteiger partial charge in [0.1, 0.15) is 5.82 Å². The summed E-state index contributed by atoms with van der Waals surface area (Å²) in [6.45, 7) is 2.27. The quantitative estimate of drug-likeness (QED) is 0.739. The van der Waals surface area contributed by atoms with Crippen LogP contribution in [0.25, 0.3) is 0 Å². The molecule has 100 valence electrons. The summed E-state index contributed by atoms with van der Waals surface area (Å²) < 4.78 is 13.4. The second-order valence-corrected chi connectivity index (χ2v) is 5.66. The van der Waals surface area contributed by atoms with Crippen LogP contribution in [0.3, 0.4) is 0 Å². The molecule has 1 nitrogen and oxygen atoms in total. The Balaban J connectivity index is 1.94. The average Bonchev–Trinajstić information content (AvgIpc) is 2.59. The highest BCUT2D eigenvalue weighted by Gasteiger charge is 2.17. The standard InChI is InChI=1S/C15H21ClFN/c1-2-11-4-3-5-12(7-6-11)18-13-8-9-14(16)15(17)10-13/h8-12,18H,2-7H2,1H3. The maximum Gasteiger partial charge on any atom is 0.143 e. The lowest BCUT2D eigenvalue weighted by atomic mass is 9.98. The van der Waals surface area contributed by atoms with Crippen LogP contribution in [-0.4, -0.2) is 6.04 Å². The van der Waals surface area contributed by atoms with E-state index >= 15 is 0 Å². The molecule has 0 amide bonds. The van der Waals surface area contributed by atoms with Crippen molar-refractivity contribution in [3.8, 4) is 0 Å². The van der Waals surface area contributed by atoms with Gasteiger partial charge in [-0.15, -0.1) is 0 Å². The summed E-state index contributed by atoms with van der Waals surface area (Å²) in [6.07, 6.45) is 7.53. The van der Waals surface area contributed by atoms with Crippen molar-refractivity contribution in [1.82, 2.24) is 0 Å². The normalized spacial score (nSPS) is 24.6. The molecule has 2 atom stereocenters. The third kappa shape index (κ3) is 3.61. The number of benzene rings is 1. The van der Waals surface area contributed by atoms with Gasteiger partial charge in [0.25, 0.3) is 0 Å². The number of hydrogen-bond acceptors (Lipinski definition) is 1. The van der Waals surface area contributed by atoms with Crippen LogP contribution in [-0.2, 0) is 0 Å². The smallest absolute Gasteiger partial charge is 0.143 e. The van der Waals surface area contributed by atoms with Crippen molar-refractivity contribution in [3.63, 3.8) is 0 Å². The van der Waals surface area contributed by atoms with E-state index in [1.165, 1.54) is 44.6 Å². The van der Waals surface area contributed by atoms with E-state index in [4.69, 9.17) is 11.6 Å². The summed E-state index contributed by atoms with van der Waals surface area (Å²) in [5, 5.41) is 3.62. The van der Waals surface area contributed by atoms with Crippen LogP contribution in [0.2, 0.25) is 5.02 Å². The van der Waals surface area contributed by atoms with Crippen LogP contribution >= 0.6 is 11.6 Å². The number of anilines is 1. The van der Waals surface area contributed by atoms with Gasteiger partial charge in [0.15, 0.2) is 0 Å². The molecule has 3 heteroatoms. The molecule has 0 saturated heterocycles. The van der Waals surface area contributed by atoms with Gasteiger partial charge in [-0.1, -0.05) is 37.8 Å². The molecule has 1 saturated carbocycles. The minimum Gasteiger partial charge on any atom is -0.382 e. The lowest BCUT2D eigenvalue weighted by Gasteiger charge is -2.18. The molecular weight excluding hydrogens is 249 g/mol. The Morgan fingerprint density at radius 3 is 2.83 bits per heavy atom. The Kier molecular flexibility index (Phi) is 4.87. The fraction of sp³-hybridized carbons (Fsp3) is 0.600. The highest BCUT2D eigenvalue weighted by molar-refractivity contribution is 6.30. The van der Waals surface area contributed by atoms with E-state index in [0.717, 1.165) is 11.6 Å². The molecule has 1 aromatic rings. The van der Waals surface area contributed by atoms with Crippen LogP contribution in [0.15, 0.2) is 18.2 Å². The lowest BCUT2D eigenvalue weighted by Crippen LogP contribution is -2.18. The van der Waals surface area contributed by atoms with Crippen LogP contribution in [0.4, 0.5) is 10.1 Å². The molecule has 0 radical (unpaired) electrons. The molecule has 1 fully saturated rings. The molecule has 1 N–H and O–H groups in total. The zero-order valence-corrected chi connectivity index (χ0v) is 11.6. The molecule has 18 heavy (non-hydrogen) atoms. The fourth-order valence-corrected chi connectivity index (χ4v) is 2.87. The van der Waals surface area contributed by atoms with Crippen LogP contribution < -0.4 is 5.32 Å². The van der Waals surface area contributed by atoms with Crippen molar-refractivity contribution in [1.29, 1.82) is 0 Å². The molecule has 0 aliphatic heterocycles. The van der Waals surface area contributed by atoms with Gasteiger partial charge in [0.05, 0.1) is 5.02 Å². The van der Waals surface area contributed by atoms with E-state index in [9.17, 15) is 4.39 Å². The van der Waals surface area contributed by atoms with Crippen molar-refractivity contribution >= 4 is 17.3 Å². The summed E-state index contributed by atoms with van der Waals surface area (Å²) in [5.41, 5.74) is 0.844. The van der Waals surface area contributed by atoms with Gasteiger partial charge in [-0.2, -0.15) is 0 Å². The van der Waals surface area contributed by atoms with Crippen LogP contribution in [0.5, 0.6) is 0 Å². The third-order valence-electron chi connectivity index (χ3n) is 3.96. The molecule has 1 aliphatic rings. The van der Waals surface area contributed by atoms with Crippen molar-refractivity contribution in [3.05, 3.63) is 29.0 Å². The molecule has 1 aromatic carbocycles. The predicted octanol–water partition coefficient (Wildman–Crippen LogP) is 5.25. The van der Waals surface area contributed by atoms with Gasteiger partial charge >= 0.3 is 0 Å². The minimum atomic E-state index is -0.346.